The van der Waals surface area contributed by atoms with E-state index >= 15 is 0 Å². The Hall–Kier alpha value is -1.05. The normalized spacial score (nSPS) is 22.4. The number of nitrogens with one attached hydrogen (secondary N) is 1. The Morgan fingerprint density at radius 2 is 2.50 bits per heavy atom. The minimum Gasteiger partial charge on any atom is -0.386 e. The molecule has 0 radical (unpaired) electrons. The number of allylic oxidation sites excluding steroid dienone is 1. The SMILES string of the molecule is C1=NC2=CNCC=C2CC1. The minimum atomic E-state index is 0.967. The molecule has 2 rings (SSSR count). The Kier molecular flexibility index (Phi) is 1.31. The Morgan fingerprint density at radius 3 is 3.40 bits per heavy atom. The number of hydrogen-bond donors (Lipinski definition) is 1. The van der Waals surface area contributed by atoms with Gasteiger partial charge >= 0.3 is 0 Å². The van der Waals surface area contributed by atoms with Gasteiger partial charge in [-0.15, -0.1) is 0 Å². The van der Waals surface area contributed by atoms with Gasteiger partial charge in [0, 0.05) is 19.0 Å². The van der Waals surface area contributed by atoms with Crippen LogP contribution in [0.3, 0.4) is 0 Å². The third-order valence-corrected chi connectivity index (χ3v) is 1.81. The maximum absolute atomic E-state index is 4.26. The largest absolute Gasteiger partial charge is 0.386 e. The van der Waals surface area contributed by atoms with Gasteiger partial charge in [0.15, 0.2) is 0 Å². The van der Waals surface area contributed by atoms with Crippen LogP contribution in [-0.2, 0) is 0 Å². The first-order valence-electron chi connectivity index (χ1n) is 3.62. The Bertz CT molecular complexity index is 223. The summed E-state index contributed by atoms with van der Waals surface area (Å²) in [7, 11) is 0. The van der Waals surface area contributed by atoms with Crippen LogP contribution < -0.4 is 5.32 Å². The summed E-state index contributed by atoms with van der Waals surface area (Å²) in [4.78, 5) is 4.26. The van der Waals surface area contributed by atoms with Crippen LogP contribution in [0.2, 0.25) is 0 Å². The molecule has 0 aromatic carbocycles. The third kappa shape index (κ3) is 0.856. The van der Waals surface area contributed by atoms with E-state index < -0.39 is 0 Å². The number of aliphatic imine (C=N–C) groups is 1. The highest BCUT2D eigenvalue weighted by atomic mass is 14.9. The summed E-state index contributed by atoms with van der Waals surface area (Å²) in [6.07, 6.45) is 8.45. The van der Waals surface area contributed by atoms with E-state index in [1.54, 1.807) is 0 Å². The van der Waals surface area contributed by atoms with Gasteiger partial charge in [-0.2, -0.15) is 0 Å². The lowest BCUT2D eigenvalue weighted by Gasteiger charge is -2.15. The van der Waals surface area contributed by atoms with Crippen molar-refractivity contribution in [2.75, 3.05) is 6.54 Å². The highest BCUT2D eigenvalue weighted by molar-refractivity contribution is 5.64. The highest BCUT2D eigenvalue weighted by Gasteiger charge is 2.09. The molecule has 0 saturated heterocycles. The average molecular weight is 134 g/mol. The number of fused-ring (bicyclic) bond motifs is 1. The van der Waals surface area contributed by atoms with Crippen LogP contribution in [0.4, 0.5) is 0 Å². The number of dihydropyridines is 1. The molecular weight excluding hydrogens is 124 g/mol. The van der Waals surface area contributed by atoms with Crippen LogP contribution in [0.1, 0.15) is 12.8 Å². The van der Waals surface area contributed by atoms with Gasteiger partial charge in [-0.3, -0.25) is 4.99 Å². The van der Waals surface area contributed by atoms with Crippen molar-refractivity contribution in [1.29, 1.82) is 0 Å². The predicted octanol–water partition coefficient (Wildman–Crippen LogP) is 1.22. The molecule has 0 unspecified atom stereocenters. The number of nitrogens with zero attached hydrogens (tertiary/aromatic N) is 1. The zero-order chi connectivity index (χ0) is 6.81. The minimum absolute atomic E-state index is 0.967. The molecule has 2 aliphatic heterocycles. The molecule has 0 aromatic heterocycles. The van der Waals surface area contributed by atoms with E-state index in [4.69, 9.17) is 0 Å². The summed E-state index contributed by atoms with van der Waals surface area (Å²) < 4.78 is 0. The second-order valence-corrected chi connectivity index (χ2v) is 2.52. The summed E-state index contributed by atoms with van der Waals surface area (Å²) >= 11 is 0. The Morgan fingerprint density at radius 1 is 1.50 bits per heavy atom. The van der Waals surface area contributed by atoms with Crippen molar-refractivity contribution < 1.29 is 0 Å². The van der Waals surface area contributed by atoms with Crippen LogP contribution in [0.25, 0.3) is 0 Å². The van der Waals surface area contributed by atoms with Crippen molar-refractivity contribution in [1.82, 2.24) is 5.32 Å². The summed E-state index contributed by atoms with van der Waals surface area (Å²) in [6, 6.07) is 0. The molecule has 2 nitrogen and oxygen atoms in total. The lowest BCUT2D eigenvalue weighted by atomic mass is 10.0. The molecule has 0 atom stereocenters. The van der Waals surface area contributed by atoms with E-state index in [2.05, 4.69) is 16.4 Å². The summed E-state index contributed by atoms with van der Waals surface area (Å²) in [5, 5.41) is 3.13. The van der Waals surface area contributed by atoms with Gasteiger partial charge < -0.3 is 5.32 Å². The zero-order valence-electron chi connectivity index (χ0n) is 5.80. The summed E-state index contributed by atoms with van der Waals surface area (Å²) in [6.45, 7) is 0.967. The van der Waals surface area contributed by atoms with Gasteiger partial charge in [-0.05, 0) is 18.4 Å². The van der Waals surface area contributed by atoms with Crippen LogP contribution in [0, 0.1) is 0 Å². The molecule has 0 bridgehead atoms. The molecule has 2 heteroatoms. The molecular formula is C8H10N2. The summed E-state index contributed by atoms with van der Waals surface area (Å²) in [5.41, 5.74) is 2.53. The quantitative estimate of drug-likeness (QED) is 0.529. The van der Waals surface area contributed by atoms with Gasteiger partial charge in [0.1, 0.15) is 0 Å². The molecule has 0 fully saturated rings. The van der Waals surface area contributed by atoms with Gasteiger partial charge in [0.25, 0.3) is 0 Å². The molecule has 10 heavy (non-hydrogen) atoms. The molecule has 0 aliphatic carbocycles. The number of rotatable bonds is 0. The van der Waals surface area contributed by atoms with Crippen molar-refractivity contribution in [3.05, 3.63) is 23.5 Å². The standard InChI is InChI=1S/C8H10N2/c1-2-7-3-5-9-6-8(7)10-4-1/h3-4,6,9H,1-2,5H2. The first kappa shape index (κ1) is 5.71. The molecule has 1 N–H and O–H groups in total. The van der Waals surface area contributed by atoms with Gasteiger partial charge in [-0.1, -0.05) is 6.08 Å². The zero-order valence-corrected chi connectivity index (χ0v) is 5.80. The molecule has 0 aromatic rings. The van der Waals surface area contributed by atoms with E-state index in [0.29, 0.717) is 0 Å². The van der Waals surface area contributed by atoms with E-state index in [1.807, 2.05) is 12.4 Å². The van der Waals surface area contributed by atoms with Crippen LogP contribution in [0.15, 0.2) is 28.5 Å². The lowest BCUT2D eigenvalue weighted by molar-refractivity contribution is 0.877. The maximum Gasteiger partial charge on any atom is 0.0811 e. The molecule has 2 aliphatic rings. The fourth-order valence-electron chi connectivity index (χ4n) is 1.27. The predicted molar refractivity (Wildman–Crippen MR) is 41.9 cm³/mol. The van der Waals surface area contributed by atoms with Crippen molar-refractivity contribution in [2.24, 2.45) is 4.99 Å². The number of hydrogen-bond acceptors (Lipinski definition) is 2. The van der Waals surface area contributed by atoms with E-state index in [-0.39, 0.29) is 0 Å². The molecule has 0 spiro atoms. The van der Waals surface area contributed by atoms with Crippen molar-refractivity contribution in [2.45, 2.75) is 12.8 Å². The van der Waals surface area contributed by atoms with Crippen LogP contribution >= 0.6 is 0 Å². The molecule has 0 saturated carbocycles. The smallest absolute Gasteiger partial charge is 0.0811 e. The van der Waals surface area contributed by atoms with Gasteiger partial charge in [0.2, 0.25) is 0 Å². The van der Waals surface area contributed by atoms with Gasteiger partial charge in [-0.25, -0.2) is 0 Å². The first-order chi connectivity index (χ1) is 4.97. The van der Waals surface area contributed by atoms with E-state index in [1.165, 1.54) is 5.57 Å². The molecule has 0 amide bonds. The average Bonchev–Trinajstić information content (AvgIpc) is 2.05. The monoisotopic (exact) mass is 134 g/mol. The van der Waals surface area contributed by atoms with Crippen molar-refractivity contribution in [3.8, 4) is 0 Å². The van der Waals surface area contributed by atoms with E-state index in [0.717, 1.165) is 25.1 Å². The van der Waals surface area contributed by atoms with Crippen LogP contribution in [0.5, 0.6) is 0 Å². The Balaban J connectivity index is 2.33. The van der Waals surface area contributed by atoms with Crippen molar-refractivity contribution >= 4 is 6.21 Å². The topological polar surface area (TPSA) is 24.4 Å². The fourth-order valence-corrected chi connectivity index (χ4v) is 1.27. The Labute approximate surface area is 60.3 Å². The second-order valence-electron chi connectivity index (χ2n) is 2.52. The summed E-state index contributed by atoms with van der Waals surface area (Å²) in [5.74, 6) is 0. The highest BCUT2D eigenvalue weighted by Crippen LogP contribution is 2.21. The van der Waals surface area contributed by atoms with E-state index in [9.17, 15) is 0 Å². The van der Waals surface area contributed by atoms with Crippen molar-refractivity contribution in [3.63, 3.8) is 0 Å². The maximum atomic E-state index is 4.26. The van der Waals surface area contributed by atoms with Crippen LogP contribution in [-0.4, -0.2) is 12.8 Å². The lowest BCUT2D eigenvalue weighted by Crippen LogP contribution is -2.13. The third-order valence-electron chi connectivity index (χ3n) is 1.81. The first-order valence-corrected chi connectivity index (χ1v) is 3.62. The molecule has 52 valence electrons. The fraction of sp³-hybridized carbons (Fsp3) is 0.375. The van der Waals surface area contributed by atoms with Gasteiger partial charge in [0.05, 0.1) is 5.70 Å². The second kappa shape index (κ2) is 2.29. The molecule has 2 heterocycles.